The molecule has 3 aromatic heterocycles. The van der Waals surface area contributed by atoms with E-state index < -0.39 is 193 Å². The van der Waals surface area contributed by atoms with Crippen molar-refractivity contribution in [2.45, 2.75) is 0 Å². The highest BCUT2D eigenvalue weighted by atomic mass is 16.3. The Bertz CT molecular complexity index is 4270. The summed E-state index contributed by atoms with van der Waals surface area (Å²) in [5, 5.41) is -2.31. The molecule has 0 unspecified atom stereocenters. The molecule has 0 saturated carbocycles. The van der Waals surface area contributed by atoms with E-state index in [0.717, 1.165) is 14.7 Å². The highest BCUT2D eigenvalue weighted by molar-refractivity contribution is 6.16. The van der Waals surface area contributed by atoms with Gasteiger partial charge >= 0.3 is 0 Å². The molecule has 0 aliphatic rings. The fourth-order valence-corrected chi connectivity index (χ4v) is 6.72. The van der Waals surface area contributed by atoms with Crippen LogP contribution in [0.3, 0.4) is 0 Å². The van der Waals surface area contributed by atoms with E-state index in [4.69, 9.17) is 22.2 Å². The zero-order valence-electron chi connectivity index (χ0n) is 47.0. The van der Waals surface area contributed by atoms with Crippen LogP contribution in [-0.4, -0.2) is 9.13 Å². The average molecular weight is 672 g/mol. The Balaban J connectivity index is 1.36. The zero-order valence-corrected chi connectivity index (χ0v) is 26.0. The lowest BCUT2D eigenvalue weighted by Gasteiger charge is -2.11. The maximum Gasteiger partial charge on any atom is 0.137 e. The standard InChI is InChI=1S/C48H30N2O/c1-2-12-31(13-3-1)32-14-10-15-33(28-32)34-24-27-46-40(29-34)48-45(22-11-23-47(48)51-46)50-43-21-9-6-18-38(43)39-30-35(25-26-44(39)50)49-41-19-7-4-16-36(41)37-17-5-8-20-42(37)49/h1-30H/i4D,5D,6D,7D,8D,9D,11D,16D,17D,18D,19D,20D,21D,22D,23D,24D,25D,26D,27D,29D,30D. The second-order valence-electron chi connectivity index (χ2n) is 11.7. The third kappa shape index (κ3) is 4.19. The summed E-state index contributed by atoms with van der Waals surface area (Å²) >= 11 is 0. The molecule has 0 aliphatic heterocycles. The molecule has 11 aromatic rings. The molecule has 0 fully saturated rings. The number of benzene rings is 8. The Labute approximate surface area is 323 Å². The second kappa shape index (κ2) is 10.8. The molecule has 3 heteroatoms. The van der Waals surface area contributed by atoms with Gasteiger partial charge in [0.25, 0.3) is 0 Å². The van der Waals surface area contributed by atoms with Gasteiger partial charge in [0.2, 0.25) is 0 Å². The summed E-state index contributed by atoms with van der Waals surface area (Å²) < 4.78 is 200. The van der Waals surface area contributed by atoms with Crippen LogP contribution in [0, 0.1) is 0 Å². The molecule has 0 spiro atoms. The van der Waals surface area contributed by atoms with Crippen molar-refractivity contribution >= 4 is 65.6 Å². The zero-order chi connectivity index (χ0) is 51.7. The lowest BCUT2D eigenvalue weighted by molar-refractivity contribution is 0.669. The maximum absolute atomic E-state index is 9.99. The highest BCUT2D eigenvalue weighted by Crippen LogP contribution is 2.41. The van der Waals surface area contributed by atoms with Crippen molar-refractivity contribution in [3.8, 4) is 33.6 Å². The maximum atomic E-state index is 9.99. The number of aromatic nitrogens is 2. The third-order valence-electron chi connectivity index (χ3n) is 8.94. The van der Waals surface area contributed by atoms with Crippen LogP contribution in [0.5, 0.6) is 0 Å². The minimum absolute atomic E-state index is 0.0640. The first-order valence-corrected chi connectivity index (χ1v) is 15.7. The third-order valence-corrected chi connectivity index (χ3v) is 8.94. The summed E-state index contributed by atoms with van der Waals surface area (Å²) in [5.41, 5.74) is -2.31. The van der Waals surface area contributed by atoms with Crippen LogP contribution >= 0.6 is 0 Å². The van der Waals surface area contributed by atoms with Crippen molar-refractivity contribution in [1.82, 2.24) is 9.13 Å². The van der Waals surface area contributed by atoms with Crippen molar-refractivity contribution < 1.29 is 33.2 Å². The van der Waals surface area contributed by atoms with Gasteiger partial charge in [-0.05, 0) is 88.7 Å². The largest absolute Gasteiger partial charge is 0.456 e. The molecule has 238 valence electrons. The van der Waals surface area contributed by atoms with Crippen LogP contribution < -0.4 is 0 Å². The van der Waals surface area contributed by atoms with E-state index in [9.17, 15) is 11.0 Å². The Hall–Kier alpha value is -6.84. The smallest absolute Gasteiger partial charge is 0.137 e. The summed E-state index contributed by atoms with van der Waals surface area (Å²) in [6.45, 7) is 0. The average Bonchev–Trinajstić information content (AvgIpc) is 4.06. The van der Waals surface area contributed by atoms with Gasteiger partial charge in [-0.2, -0.15) is 0 Å². The van der Waals surface area contributed by atoms with E-state index in [0.29, 0.717) is 11.1 Å². The number of rotatable bonds is 4. The SMILES string of the molecule is [2H]c1c(-c2cccc(-c3ccccc3)c2)c([2H])c2c(oc3c([2H])c([2H])c([2H])c(-n4c5c([2H])c([2H])c([2H])c([2H])c5c5c([2H])c(-n6c7c([2H])c([2H])c([2H])c([2H])c7c7c([2H])c([2H])c([2H])c([2H])c76)c([2H])c([2H])c54)c32)c1[2H]. The monoisotopic (exact) mass is 671 g/mol. The quantitative estimate of drug-likeness (QED) is 0.183. The van der Waals surface area contributed by atoms with E-state index in [2.05, 4.69) is 0 Å². The number of nitrogens with zero attached hydrogens (tertiary/aromatic N) is 2. The van der Waals surface area contributed by atoms with Crippen LogP contribution in [0.4, 0.5) is 0 Å². The van der Waals surface area contributed by atoms with Gasteiger partial charge < -0.3 is 13.6 Å². The van der Waals surface area contributed by atoms with Crippen molar-refractivity contribution in [2.75, 3.05) is 0 Å². The normalized spacial score (nSPS) is 17.7. The molecule has 11 rings (SSSR count). The van der Waals surface area contributed by atoms with Crippen molar-refractivity contribution in [1.29, 1.82) is 0 Å². The summed E-state index contributed by atoms with van der Waals surface area (Å²) in [5.74, 6) is 0. The lowest BCUT2D eigenvalue weighted by atomic mass is 9.98. The van der Waals surface area contributed by atoms with Gasteiger partial charge in [0.15, 0.2) is 0 Å². The van der Waals surface area contributed by atoms with E-state index in [1.54, 1.807) is 18.2 Å². The molecular weight excluding hydrogens is 621 g/mol. The van der Waals surface area contributed by atoms with Gasteiger partial charge in [0, 0.05) is 32.6 Å². The van der Waals surface area contributed by atoms with Crippen LogP contribution in [0.25, 0.3) is 99.2 Å². The number of fused-ring (bicyclic) bond motifs is 9. The minimum atomic E-state index is -0.914. The fourth-order valence-electron chi connectivity index (χ4n) is 6.72. The van der Waals surface area contributed by atoms with Crippen LogP contribution in [0.2, 0.25) is 0 Å². The fraction of sp³-hybridized carbons (Fsp3) is 0. The summed E-state index contributed by atoms with van der Waals surface area (Å²) in [7, 11) is 0. The van der Waals surface area contributed by atoms with Crippen LogP contribution in [0.1, 0.15) is 28.8 Å². The van der Waals surface area contributed by atoms with Crippen molar-refractivity contribution in [3.63, 3.8) is 0 Å². The number of hydrogen-bond acceptors (Lipinski definition) is 1. The van der Waals surface area contributed by atoms with Crippen LogP contribution in [-0.2, 0) is 0 Å². The Morgan fingerprint density at radius 1 is 0.412 bits per heavy atom. The Morgan fingerprint density at radius 3 is 1.78 bits per heavy atom. The molecule has 0 atom stereocenters. The van der Waals surface area contributed by atoms with Crippen molar-refractivity contribution in [3.05, 3.63) is 181 Å². The Kier molecular flexibility index (Phi) is 3.09. The molecule has 3 heterocycles. The second-order valence-corrected chi connectivity index (χ2v) is 11.7. The molecule has 0 saturated heterocycles. The molecule has 0 aliphatic carbocycles. The van der Waals surface area contributed by atoms with E-state index >= 15 is 0 Å². The molecule has 0 N–H and O–H groups in total. The van der Waals surface area contributed by atoms with Gasteiger partial charge in [0.1, 0.15) is 11.2 Å². The molecule has 8 aromatic carbocycles. The topological polar surface area (TPSA) is 23.0 Å². The van der Waals surface area contributed by atoms with E-state index in [1.165, 1.54) is 0 Å². The molecular formula is C48H30N2O. The van der Waals surface area contributed by atoms with E-state index in [1.807, 2.05) is 36.4 Å². The van der Waals surface area contributed by atoms with Crippen LogP contribution in [0.15, 0.2) is 186 Å². The number of para-hydroxylation sites is 3. The van der Waals surface area contributed by atoms with Gasteiger partial charge in [0.05, 0.1) is 61.9 Å². The molecule has 0 amide bonds. The number of furan rings is 1. The molecule has 0 bridgehead atoms. The highest BCUT2D eigenvalue weighted by Gasteiger charge is 2.20. The van der Waals surface area contributed by atoms with Gasteiger partial charge in [-0.15, -0.1) is 0 Å². The predicted octanol–water partition coefficient (Wildman–Crippen LogP) is 13.1. The Morgan fingerprint density at radius 2 is 1.04 bits per heavy atom. The molecule has 3 nitrogen and oxygen atoms in total. The summed E-state index contributed by atoms with van der Waals surface area (Å²) in [4.78, 5) is 0. The molecule has 0 radical (unpaired) electrons. The van der Waals surface area contributed by atoms with E-state index in [-0.39, 0.29) is 16.3 Å². The molecule has 51 heavy (non-hydrogen) atoms. The first kappa shape index (κ1) is 14.6. The van der Waals surface area contributed by atoms with Gasteiger partial charge in [-0.1, -0.05) is 115 Å². The minimum Gasteiger partial charge on any atom is -0.456 e. The predicted molar refractivity (Wildman–Crippen MR) is 213 cm³/mol. The van der Waals surface area contributed by atoms with Crippen molar-refractivity contribution in [2.24, 2.45) is 0 Å². The summed E-state index contributed by atoms with van der Waals surface area (Å²) in [6, 6.07) is 0.462. The van der Waals surface area contributed by atoms with Gasteiger partial charge in [-0.25, -0.2) is 0 Å². The first-order valence-electron chi connectivity index (χ1n) is 26.2. The summed E-state index contributed by atoms with van der Waals surface area (Å²) in [6.07, 6.45) is 0. The number of hydrogen-bond donors (Lipinski definition) is 0. The first-order chi connectivity index (χ1) is 34.1. The lowest BCUT2D eigenvalue weighted by Crippen LogP contribution is -1.96. The van der Waals surface area contributed by atoms with Gasteiger partial charge in [-0.3, -0.25) is 0 Å².